The van der Waals surface area contributed by atoms with Crippen LogP contribution in [0.4, 0.5) is 0 Å². The molecule has 0 amide bonds. The van der Waals surface area contributed by atoms with Crippen molar-refractivity contribution in [2.24, 2.45) is 11.1 Å². The van der Waals surface area contributed by atoms with Gasteiger partial charge in [-0.1, -0.05) is 51.1 Å². The summed E-state index contributed by atoms with van der Waals surface area (Å²) < 4.78 is 0. The molecule has 0 aromatic heterocycles. The van der Waals surface area contributed by atoms with E-state index in [2.05, 4.69) is 50.4 Å². The molecule has 0 spiro atoms. The largest absolute Gasteiger partial charge is 0.326 e. The van der Waals surface area contributed by atoms with Gasteiger partial charge in [0.1, 0.15) is 0 Å². The van der Waals surface area contributed by atoms with Gasteiger partial charge in [0.05, 0.1) is 0 Å². The van der Waals surface area contributed by atoms with E-state index in [4.69, 9.17) is 5.73 Å². The molecule has 3 N–H and O–H groups in total. The molecule has 96 valence electrons. The number of hydrogen-bond donors (Lipinski definition) is 2. The summed E-state index contributed by atoms with van der Waals surface area (Å²) >= 11 is 0. The minimum Gasteiger partial charge on any atom is -0.326 e. The topological polar surface area (TPSA) is 38.0 Å². The molecule has 0 aliphatic carbocycles. The lowest BCUT2D eigenvalue weighted by atomic mass is 9.90. The van der Waals surface area contributed by atoms with Crippen molar-refractivity contribution < 1.29 is 0 Å². The molecule has 2 heteroatoms. The molecule has 0 radical (unpaired) electrons. The van der Waals surface area contributed by atoms with Crippen LogP contribution in [0.15, 0.2) is 30.3 Å². The average Bonchev–Trinajstić information content (AvgIpc) is 2.30. The zero-order chi connectivity index (χ0) is 12.7. The van der Waals surface area contributed by atoms with Gasteiger partial charge >= 0.3 is 0 Å². The van der Waals surface area contributed by atoms with Gasteiger partial charge in [0.15, 0.2) is 0 Å². The fourth-order valence-corrected chi connectivity index (χ4v) is 1.71. The van der Waals surface area contributed by atoms with E-state index >= 15 is 0 Å². The molecule has 1 aromatic rings. The van der Waals surface area contributed by atoms with E-state index in [-0.39, 0.29) is 6.04 Å². The summed E-state index contributed by atoms with van der Waals surface area (Å²) in [5.74, 6) is 0. The molecule has 1 atom stereocenters. The first kappa shape index (κ1) is 14.2. The Morgan fingerprint density at radius 2 is 1.88 bits per heavy atom. The van der Waals surface area contributed by atoms with Crippen molar-refractivity contribution in [2.75, 3.05) is 13.1 Å². The molecular formula is C15H26N2. The zero-order valence-corrected chi connectivity index (χ0v) is 11.4. The summed E-state index contributed by atoms with van der Waals surface area (Å²) in [6, 6.07) is 10.6. The highest BCUT2D eigenvalue weighted by Gasteiger charge is 2.14. The number of nitrogens with two attached hydrogens (primary N) is 1. The van der Waals surface area contributed by atoms with Crippen molar-refractivity contribution in [3.8, 4) is 0 Å². The fourth-order valence-electron chi connectivity index (χ4n) is 1.71. The number of rotatable bonds is 7. The standard InChI is InChI=1S/C15H26N2/c1-4-15(2,3)12-17-11-14(16)10-13-8-6-5-7-9-13/h5-9,14,17H,4,10-12,16H2,1-3H3. The Morgan fingerprint density at radius 3 is 2.47 bits per heavy atom. The van der Waals surface area contributed by atoms with E-state index in [1.165, 1.54) is 12.0 Å². The first-order valence-corrected chi connectivity index (χ1v) is 6.54. The Balaban J connectivity index is 2.24. The summed E-state index contributed by atoms with van der Waals surface area (Å²) in [6.07, 6.45) is 2.13. The second-order valence-corrected chi connectivity index (χ2v) is 5.60. The van der Waals surface area contributed by atoms with Gasteiger partial charge in [-0.25, -0.2) is 0 Å². The van der Waals surface area contributed by atoms with Gasteiger partial charge in [-0.15, -0.1) is 0 Å². The lowest BCUT2D eigenvalue weighted by molar-refractivity contribution is 0.324. The Hall–Kier alpha value is -0.860. The summed E-state index contributed by atoms with van der Waals surface area (Å²) in [6.45, 7) is 8.71. The summed E-state index contributed by atoms with van der Waals surface area (Å²) in [7, 11) is 0. The van der Waals surface area contributed by atoms with E-state index < -0.39 is 0 Å². The predicted molar refractivity (Wildman–Crippen MR) is 75.1 cm³/mol. The third-order valence-corrected chi connectivity index (χ3v) is 3.31. The Labute approximate surface area is 106 Å². The molecule has 0 fully saturated rings. The molecule has 0 saturated carbocycles. The predicted octanol–water partition coefficient (Wildman–Crippen LogP) is 2.58. The fraction of sp³-hybridized carbons (Fsp3) is 0.600. The summed E-state index contributed by atoms with van der Waals surface area (Å²) in [5.41, 5.74) is 7.80. The van der Waals surface area contributed by atoms with E-state index in [0.717, 1.165) is 19.5 Å². The Kier molecular flexibility index (Phi) is 5.66. The number of hydrogen-bond acceptors (Lipinski definition) is 2. The zero-order valence-electron chi connectivity index (χ0n) is 11.4. The highest BCUT2D eigenvalue weighted by molar-refractivity contribution is 5.15. The third-order valence-electron chi connectivity index (χ3n) is 3.31. The molecule has 0 aliphatic rings. The molecule has 1 unspecified atom stereocenters. The molecule has 1 aromatic carbocycles. The van der Waals surface area contributed by atoms with Crippen LogP contribution in [0.3, 0.4) is 0 Å². The van der Waals surface area contributed by atoms with Crippen molar-refractivity contribution in [1.29, 1.82) is 0 Å². The van der Waals surface area contributed by atoms with Crippen molar-refractivity contribution >= 4 is 0 Å². The van der Waals surface area contributed by atoms with Gasteiger partial charge in [-0.3, -0.25) is 0 Å². The van der Waals surface area contributed by atoms with Crippen LogP contribution in [-0.4, -0.2) is 19.1 Å². The van der Waals surface area contributed by atoms with Gasteiger partial charge in [-0.2, -0.15) is 0 Å². The van der Waals surface area contributed by atoms with E-state index in [9.17, 15) is 0 Å². The molecule has 0 aliphatic heterocycles. The third kappa shape index (κ3) is 5.85. The van der Waals surface area contributed by atoms with Gasteiger partial charge in [0, 0.05) is 19.1 Å². The van der Waals surface area contributed by atoms with Crippen molar-refractivity contribution in [2.45, 2.75) is 39.7 Å². The highest BCUT2D eigenvalue weighted by Crippen LogP contribution is 2.17. The van der Waals surface area contributed by atoms with Crippen molar-refractivity contribution in [3.05, 3.63) is 35.9 Å². The van der Waals surface area contributed by atoms with E-state index in [0.29, 0.717) is 5.41 Å². The van der Waals surface area contributed by atoms with Crippen molar-refractivity contribution in [3.63, 3.8) is 0 Å². The highest BCUT2D eigenvalue weighted by atomic mass is 14.9. The second-order valence-electron chi connectivity index (χ2n) is 5.60. The molecule has 0 saturated heterocycles. The molecule has 17 heavy (non-hydrogen) atoms. The quantitative estimate of drug-likeness (QED) is 0.761. The van der Waals surface area contributed by atoms with Crippen LogP contribution >= 0.6 is 0 Å². The van der Waals surface area contributed by atoms with Crippen LogP contribution in [0.1, 0.15) is 32.8 Å². The van der Waals surface area contributed by atoms with Gasteiger partial charge < -0.3 is 11.1 Å². The molecule has 1 rings (SSSR count). The first-order valence-electron chi connectivity index (χ1n) is 6.54. The lowest BCUT2D eigenvalue weighted by Crippen LogP contribution is -2.39. The van der Waals surface area contributed by atoms with Crippen LogP contribution in [0.25, 0.3) is 0 Å². The second kappa shape index (κ2) is 6.77. The number of benzene rings is 1. The minimum atomic E-state index is 0.199. The molecule has 0 heterocycles. The lowest BCUT2D eigenvalue weighted by Gasteiger charge is -2.24. The smallest absolute Gasteiger partial charge is 0.0206 e. The van der Waals surface area contributed by atoms with E-state index in [1.54, 1.807) is 0 Å². The van der Waals surface area contributed by atoms with Crippen LogP contribution in [-0.2, 0) is 6.42 Å². The minimum absolute atomic E-state index is 0.199. The SMILES string of the molecule is CCC(C)(C)CNCC(N)Cc1ccccc1. The van der Waals surface area contributed by atoms with Crippen LogP contribution in [0.5, 0.6) is 0 Å². The Bertz CT molecular complexity index is 306. The Morgan fingerprint density at radius 1 is 1.24 bits per heavy atom. The van der Waals surface area contributed by atoms with Crippen molar-refractivity contribution in [1.82, 2.24) is 5.32 Å². The van der Waals surface area contributed by atoms with Crippen LogP contribution < -0.4 is 11.1 Å². The van der Waals surface area contributed by atoms with Crippen LogP contribution in [0.2, 0.25) is 0 Å². The molecule has 2 nitrogen and oxygen atoms in total. The van der Waals surface area contributed by atoms with Gasteiger partial charge in [-0.05, 0) is 23.8 Å². The van der Waals surface area contributed by atoms with Gasteiger partial charge in [0.2, 0.25) is 0 Å². The maximum atomic E-state index is 6.11. The summed E-state index contributed by atoms with van der Waals surface area (Å²) in [4.78, 5) is 0. The maximum Gasteiger partial charge on any atom is 0.0206 e. The van der Waals surface area contributed by atoms with E-state index in [1.807, 2.05) is 6.07 Å². The molecule has 0 bridgehead atoms. The van der Waals surface area contributed by atoms with Crippen LogP contribution in [0, 0.1) is 5.41 Å². The van der Waals surface area contributed by atoms with Gasteiger partial charge in [0.25, 0.3) is 0 Å². The number of nitrogens with one attached hydrogen (secondary N) is 1. The summed E-state index contributed by atoms with van der Waals surface area (Å²) in [5, 5.41) is 3.47. The normalized spacial score (nSPS) is 13.6. The monoisotopic (exact) mass is 234 g/mol. The maximum absolute atomic E-state index is 6.11. The average molecular weight is 234 g/mol. The molecular weight excluding hydrogens is 208 g/mol. The first-order chi connectivity index (χ1) is 8.03.